The van der Waals surface area contributed by atoms with Crippen molar-refractivity contribution in [3.05, 3.63) is 33.5 Å². The molecule has 0 bridgehead atoms. The highest BCUT2D eigenvalue weighted by molar-refractivity contribution is 7.15. The number of thiophene rings is 1. The number of rotatable bonds is 5. The molecule has 23 heavy (non-hydrogen) atoms. The molecule has 0 spiro atoms. The molecule has 0 saturated carbocycles. The van der Waals surface area contributed by atoms with Crippen LogP contribution in [0.5, 0.6) is 0 Å². The Hall–Kier alpha value is -1.77. The van der Waals surface area contributed by atoms with Gasteiger partial charge in [0.25, 0.3) is 5.91 Å². The van der Waals surface area contributed by atoms with Crippen molar-refractivity contribution in [2.45, 2.75) is 18.8 Å². The van der Waals surface area contributed by atoms with Crippen LogP contribution in [-0.2, 0) is 4.79 Å². The number of hydrogen-bond acceptors (Lipinski definition) is 6. The number of hydrogen-bond donors (Lipinski definition) is 3. The van der Waals surface area contributed by atoms with Crippen LogP contribution in [0.2, 0.25) is 0 Å². The second kappa shape index (κ2) is 7.67. The van der Waals surface area contributed by atoms with Crippen molar-refractivity contribution in [3.63, 3.8) is 0 Å². The summed E-state index contributed by atoms with van der Waals surface area (Å²) in [6.45, 7) is 2.00. The molecule has 1 saturated heterocycles. The van der Waals surface area contributed by atoms with Gasteiger partial charge < -0.3 is 16.0 Å². The van der Waals surface area contributed by atoms with Crippen LogP contribution >= 0.6 is 22.7 Å². The van der Waals surface area contributed by atoms with E-state index < -0.39 is 0 Å². The normalized spacial score (nSPS) is 15.3. The number of aromatic nitrogens is 1. The van der Waals surface area contributed by atoms with E-state index in [0.29, 0.717) is 15.9 Å². The summed E-state index contributed by atoms with van der Waals surface area (Å²) in [5.74, 6) is 0.0312. The van der Waals surface area contributed by atoms with E-state index in [0.717, 1.165) is 25.9 Å². The molecule has 3 N–H and O–H groups in total. The third kappa shape index (κ3) is 4.37. The molecule has 1 fully saturated rings. The summed E-state index contributed by atoms with van der Waals surface area (Å²) in [5.41, 5.74) is 0. The molecule has 2 aromatic heterocycles. The molecule has 2 amide bonds. The third-order valence-corrected chi connectivity index (χ3v) is 5.61. The fourth-order valence-electron chi connectivity index (χ4n) is 2.46. The van der Waals surface area contributed by atoms with Crippen molar-refractivity contribution < 1.29 is 9.59 Å². The minimum atomic E-state index is -0.263. The predicted molar refractivity (Wildman–Crippen MR) is 92.2 cm³/mol. The average molecular weight is 350 g/mol. The van der Waals surface area contributed by atoms with Crippen LogP contribution in [0.15, 0.2) is 23.7 Å². The summed E-state index contributed by atoms with van der Waals surface area (Å²) >= 11 is 2.86. The number of anilines is 1. The molecule has 2 aromatic rings. The van der Waals surface area contributed by atoms with Gasteiger partial charge in [-0.25, -0.2) is 4.98 Å². The minimum Gasteiger partial charge on any atom is -0.342 e. The first-order valence-electron chi connectivity index (χ1n) is 7.50. The fraction of sp³-hybridized carbons (Fsp3) is 0.400. The van der Waals surface area contributed by atoms with E-state index in [1.807, 2.05) is 11.6 Å². The highest BCUT2D eigenvalue weighted by atomic mass is 32.1. The summed E-state index contributed by atoms with van der Waals surface area (Å²) in [4.78, 5) is 29.8. The Balaban J connectivity index is 1.48. The molecule has 8 heteroatoms. The third-order valence-electron chi connectivity index (χ3n) is 3.67. The number of piperidine rings is 1. The van der Waals surface area contributed by atoms with Gasteiger partial charge in [0, 0.05) is 11.1 Å². The van der Waals surface area contributed by atoms with Gasteiger partial charge in [0.15, 0.2) is 5.13 Å². The SMILES string of the molecule is O=C(CNC(=O)c1cccs1)Nc1ncc(C2CCNCC2)s1. The molecule has 1 aliphatic rings. The van der Waals surface area contributed by atoms with Crippen molar-refractivity contribution in [2.24, 2.45) is 0 Å². The van der Waals surface area contributed by atoms with Gasteiger partial charge >= 0.3 is 0 Å². The standard InChI is InChI=1S/C15H18N4O2S2/c20-13(9-17-14(21)11-2-1-7-22-11)19-15-18-8-12(23-15)10-3-5-16-6-4-10/h1-2,7-8,10,16H,3-6,9H2,(H,17,21)(H,18,19,20). The minimum absolute atomic E-state index is 0.0566. The molecule has 0 aliphatic carbocycles. The van der Waals surface area contributed by atoms with Crippen molar-refractivity contribution in [1.29, 1.82) is 0 Å². The quantitative estimate of drug-likeness (QED) is 0.771. The largest absolute Gasteiger partial charge is 0.342 e. The Kier molecular flexibility index (Phi) is 5.37. The lowest BCUT2D eigenvalue weighted by atomic mass is 9.97. The van der Waals surface area contributed by atoms with E-state index in [2.05, 4.69) is 20.9 Å². The van der Waals surface area contributed by atoms with Gasteiger partial charge in [-0.1, -0.05) is 6.07 Å². The first-order valence-corrected chi connectivity index (χ1v) is 9.20. The zero-order valence-electron chi connectivity index (χ0n) is 12.5. The van der Waals surface area contributed by atoms with Gasteiger partial charge in [0.2, 0.25) is 5.91 Å². The van der Waals surface area contributed by atoms with Crippen LogP contribution in [0.25, 0.3) is 0 Å². The first-order chi connectivity index (χ1) is 11.2. The molecule has 3 rings (SSSR count). The zero-order valence-corrected chi connectivity index (χ0v) is 14.1. The van der Waals surface area contributed by atoms with E-state index in [9.17, 15) is 9.59 Å². The van der Waals surface area contributed by atoms with Crippen LogP contribution in [-0.4, -0.2) is 36.4 Å². The average Bonchev–Trinajstić information content (AvgIpc) is 3.25. The van der Waals surface area contributed by atoms with Gasteiger partial charge in [-0.3, -0.25) is 9.59 Å². The Morgan fingerprint density at radius 3 is 2.91 bits per heavy atom. The number of amides is 2. The summed E-state index contributed by atoms with van der Waals surface area (Å²) in [7, 11) is 0. The predicted octanol–water partition coefficient (Wildman–Crippen LogP) is 2.04. The molecule has 6 nitrogen and oxygen atoms in total. The van der Waals surface area contributed by atoms with Gasteiger partial charge in [-0.15, -0.1) is 22.7 Å². The summed E-state index contributed by atoms with van der Waals surface area (Å²) in [6, 6.07) is 3.53. The van der Waals surface area contributed by atoms with Crippen LogP contribution in [0, 0.1) is 0 Å². The van der Waals surface area contributed by atoms with Gasteiger partial charge in [0.1, 0.15) is 0 Å². The Bertz CT molecular complexity index is 663. The molecule has 0 aromatic carbocycles. The number of nitrogens with one attached hydrogen (secondary N) is 3. The zero-order chi connectivity index (χ0) is 16.1. The Labute approximate surface area is 142 Å². The van der Waals surface area contributed by atoms with E-state index in [1.165, 1.54) is 27.6 Å². The number of nitrogens with zero attached hydrogens (tertiary/aromatic N) is 1. The van der Waals surface area contributed by atoms with E-state index in [1.54, 1.807) is 12.1 Å². The second-order valence-electron chi connectivity index (χ2n) is 5.30. The number of thiazole rings is 1. The Morgan fingerprint density at radius 1 is 1.35 bits per heavy atom. The molecule has 122 valence electrons. The molecule has 1 aliphatic heterocycles. The van der Waals surface area contributed by atoms with Gasteiger partial charge in [-0.2, -0.15) is 0 Å². The number of carbonyl (C=O) groups excluding carboxylic acids is 2. The summed E-state index contributed by atoms with van der Waals surface area (Å²) in [6.07, 6.45) is 4.05. The first kappa shape index (κ1) is 16.1. The lowest BCUT2D eigenvalue weighted by Crippen LogP contribution is -2.32. The second-order valence-corrected chi connectivity index (χ2v) is 7.31. The highest BCUT2D eigenvalue weighted by Crippen LogP contribution is 2.31. The van der Waals surface area contributed by atoms with Crippen molar-refractivity contribution in [2.75, 3.05) is 25.0 Å². The fourth-order valence-corrected chi connectivity index (χ4v) is 4.10. The monoisotopic (exact) mass is 350 g/mol. The molecular formula is C15H18N4O2S2. The maximum atomic E-state index is 11.9. The highest BCUT2D eigenvalue weighted by Gasteiger charge is 2.18. The van der Waals surface area contributed by atoms with Crippen LogP contribution in [0.4, 0.5) is 5.13 Å². The number of carbonyl (C=O) groups is 2. The lowest BCUT2D eigenvalue weighted by molar-refractivity contribution is -0.115. The summed E-state index contributed by atoms with van der Waals surface area (Å²) < 4.78 is 0. The van der Waals surface area contributed by atoms with Crippen molar-refractivity contribution >= 4 is 39.6 Å². The van der Waals surface area contributed by atoms with Gasteiger partial charge in [0.05, 0.1) is 11.4 Å². The van der Waals surface area contributed by atoms with Gasteiger partial charge in [-0.05, 0) is 43.3 Å². The molecule has 0 atom stereocenters. The van der Waals surface area contributed by atoms with Crippen LogP contribution < -0.4 is 16.0 Å². The van der Waals surface area contributed by atoms with Crippen molar-refractivity contribution in [1.82, 2.24) is 15.6 Å². The maximum Gasteiger partial charge on any atom is 0.261 e. The van der Waals surface area contributed by atoms with Crippen molar-refractivity contribution in [3.8, 4) is 0 Å². The lowest BCUT2D eigenvalue weighted by Gasteiger charge is -2.20. The molecule has 0 radical (unpaired) electrons. The smallest absolute Gasteiger partial charge is 0.261 e. The molecule has 3 heterocycles. The Morgan fingerprint density at radius 2 is 2.17 bits per heavy atom. The van der Waals surface area contributed by atoms with E-state index in [-0.39, 0.29) is 18.4 Å². The topological polar surface area (TPSA) is 83.1 Å². The summed E-state index contributed by atoms with van der Waals surface area (Å²) in [5, 5.41) is 11.1. The maximum absolute atomic E-state index is 11.9. The van der Waals surface area contributed by atoms with Crippen LogP contribution in [0.3, 0.4) is 0 Å². The molecule has 0 unspecified atom stereocenters. The molecular weight excluding hydrogens is 332 g/mol. The van der Waals surface area contributed by atoms with Crippen LogP contribution in [0.1, 0.15) is 33.3 Å². The van der Waals surface area contributed by atoms with E-state index in [4.69, 9.17) is 0 Å². The van der Waals surface area contributed by atoms with E-state index >= 15 is 0 Å².